The molecule has 0 amide bonds. The van der Waals surface area contributed by atoms with Gasteiger partial charge in [0.15, 0.2) is 0 Å². The zero-order valence-corrected chi connectivity index (χ0v) is 12.7. The van der Waals surface area contributed by atoms with Gasteiger partial charge in [-0.1, -0.05) is 26.0 Å². The smallest absolute Gasteiger partial charge is 0.122 e. The first kappa shape index (κ1) is 15.0. The van der Waals surface area contributed by atoms with Gasteiger partial charge in [0.05, 0.1) is 7.11 Å². The summed E-state index contributed by atoms with van der Waals surface area (Å²) < 4.78 is 5.45. The highest BCUT2D eigenvalue weighted by Gasteiger charge is 2.09. The minimum Gasteiger partial charge on any atom is -0.496 e. The van der Waals surface area contributed by atoms with Crippen LogP contribution in [0.2, 0.25) is 0 Å². The maximum Gasteiger partial charge on any atom is 0.122 e. The number of nitrogens with zero attached hydrogens (tertiary/aromatic N) is 1. The second kappa shape index (κ2) is 6.79. The average Bonchev–Trinajstić information content (AvgIpc) is 2.35. The molecule has 0 radical (unpaired) electrons. The van der Waals surface area contributed by atoms with Crippen molar-refractivity contribution in [3.05, 3.63) is 29.3 Å². The Hall–Kier alpha value is -1.02. The molecule has 0 N–H and O–H groups in total. The molecule has 0 aromatic heterocycles. The highest BCUT2D eigenvalue weighted by atomic mass is 16.5. The Labute approximate surface area is 112 Å². The lowest BCUT2D eigenvalue weighted by atomic mass is 9.99. The molecule has 2 heteroatoms. The van der Waals surface area contributed by atoms with Crippen LogP contribution < -0.4 is 4.74 Å². The second-order valence-corrected chi connectivity index (χ2v) is 5.55. The fraction of sp³-hybridized carbons (Fsp3) is 0.625. The third kappa shape index (κ3) is 4.02. The summed E-state index contributed by atoms with van der Waals surface area (Å²) in [6, 6.07) is 7.14. The van der Waals surface area contributed by atoms with Crippen LogP contribution in [0.1, 0.15) is 44.7 Å². The maximum atomic E-state index is 5.45. The van der Waals surface area contributed by atoms with Gasteiger partial charge in [0.25, 0.3) is 0 Å². The molecule has 0 unspecified atom stereocenters. The minimum atomic E-state index is 0.567. The highest BCUT2D eigenvalue weighted by molar-refractivity contribution is 5.38. The average molecular weight is 249 g/mol. The number of hydrogen-bond donors (Lipinski definition) is 0. The molecule has 0 aliphatic carbocycles. The number of methoxy groups -OCH3 is 1. The van der Waals surface area contributed by atoms with E-state index in [1.807, 2.05) is 0 Å². The third-order valence-corrected chi connectivity index (χ3v) is 3.59. The molecule has 1 aromatic carbocycles. The van der Waals surface area contributed by atoms with E-state index in [0.29, 0.717) is 12.0 Å². The van der Waals surface area contributed by atoms with Gasteiger partial charge in [-0.25, -0.2) is 0 Å². The first-order chi connectivity index (χ1) is 8.45. The predicted octanol–water partition coefficient (Wildman–Crippen LogP) is 3.70. The number of rotatable bonds is 6. The van der Waals surface area contributed by atoms with E-state index in [9.17, 15) is 0 Å². The van der Waals surface area contributed by atoms with Crippen molar-refractivity contribution in [1.82, 2.24) is 4.90 Å². The topological polar surface area (TPSA) is 12.5 Å². The maximum absolute atomic E-state index is 5.45. The third-order valence-electron chi connectivity index (χ3n) is 3.59. The summed E-state index contributed by atoms with van der Waals surface area (Å²) in [5.41, 5.74) is 2.70. The number of benzene rings is 1. The fourth-order valence-electron chi connectivity index (χ4n) is 1.91. The molecule has 0 aliphatic rings. The van der Waals surface area contributed by atoms with Crippen LogP contribution >= 0.6 is 0 Å². The first-order valence-corrected chi connectivity index (χ1v) is 6.82. The standard InChI is InChI=1S/C16H27NO/c1-12(2)14-7-8-16(18-6)15(11-14)9-10-17(5)13(3)4/h7-8,11-13H,9-10H2,1-6H3. The lowest BCUT2D eigenvalue weighted by molar-refractivity contribution is 0.276. The Morgan fingerprint density at radius 3 is 2.33 bits per heavy atom. The van der Waals surface area contributed by atoms with Crippen LogP contribution in [0.4, 0.5) is 0 Å². The van der Waals surface area contributed by atoms with Crippen LogP contribution in [-0.2, 0) is 6.42 Å². The van der Waals surface area contributed by atoms with E-state index >= 15 is 0 Å². The lowest BCUT2D eigenvalue weighted by Gasteiger charge is -2.21. The van der Waals surface area contributed by atoms with E-state index in [-0.39, 0.29) is 0 Å². The molecular formula is C16H27NO. The highest BCUT2D eigenvalue weighted by Crippen LogP contribution is 2.24. The van der Waals surface area contributed by atoms with Gasteiger partial charge < -0.3 is 9.64 Å². The molecule has 0 aliphatic heterocycles. The normalized spacial score (nSPS) is 11.6. The van der Waals surface area contributed by atoms with Gasteiger partial charge in [0.2, 0.25) is 0 Å². The molecule has 1 rings (SSSR count). The summed E-state index contributed by atoms with van der Waals surface area (Å²) in [7, 11) is 3.92. The molecule has 0 atom stereocenters. The largest absolute Gasteiger partial charge is 0.496 e. The first-order valence-electron chi connectivity index (χ1n) is 6.82. The van der Waals surface area contributed by atoms with Crippen LogP contribution in [0.3, 0.4) is 0 Å². The summed E-state index contributed by atoms with van der Waals surface area (Å²) in [5, 5.41) is 0. The predicted molar refractivity (Wildman–Crippen MR) is 78.6 cm³/mol. The van der Waals surface area contributed by atoms with Crippen LogP contribution in [0.15, 0.2) is 18.2 Å². The molecule has 0 bridgehead atoms. The van der Waals surface area contributed by atoms with Crippen molar-refractivity contribution in [3.63, 3.8) is 0 Å². The van der Waals surface area contributed by atoms with E-state index in [4.69, 9.17) is 4.74 Å². The summed E-state index contributed by atoms with van der Waals surface area (Å²) >= 11 is 0. The van der Waals surface area contributed by atoms with Crippen LogP contribution in [-0.4, -0.2) is 31.6 Å². The summed E-state index contributed by atoms with van der Waals surface area (Å²) in [5.74, 6) is 1.58. The molecule has 0 saturated heterocycles. The number of hydrogen-bond acceptors (Lipinski definition) is 2. The van der Waals surface area contributed by atoms with Crippen molar-refractivity contribution in [2.45, 2.75) is 46.1 Å². The summed E-state index contributed by atoms with van der Waals surface area (Å²) in [6.45, 7) is 9.97. The molecule has 0 saturated carbocycles. The van der Waals surface area contributed by atoms with Crippen molar-refractivity contribution >= 4 is 0 Å². The molecule has 0 spiro atoms. The van der Waals surface area contributed by atoms with Crippen molar-refractivity contribution in [2.75, 3.05) is 20.7 Å². The Morgan fingerprint density at radius 2 is 1.83 bits per heavy atom. The van der Waals surface area contributed by atoms with E-state index in [1.54, 1.807) is 7.11 Å². The summed E-state index contributed by atoms with van der Waals surface area (Å²) in [6.07, 6.45) is 1.04. The van der Waals surface area contributed by atoms with Gasteiger partial charge in [0.1, 0.15) is 5.75 Å². The number of ether oxygens (including phenoxy) is 1. The van der Waals surface area contributed by atoms with Crippen molar-refractivity contribution < 1.29 is 4.74 Å². The molecule has 102 valence electrons. The van der Waals surface area contributed by atoms with Gasteiger partial charge in [-0.3, -0.25) is 0 Å². The van der Waals surface area contributed by atoms with Crippen LogP contribution in [0.25, 0.3) is 0 Å². The lowest BCUT2D eigenvalue weighted by Crippen LogP contribution is -2.28. The van der Waals surface area contributed by atoms with Gasteiger partial charge in [0, 0.05) is 12.6 Å². The van der Waals surface area contributed by atoms with Gasteiger partial charge in [-0.05, 0) is 50.4 Å². The van der Waals surface area contributed by atoms with Crippen molar-refractivity contribution in [2.24, 2.45) is 0 Å². The second-order valence-electron chi connectivity index (χ2n) is 5.55. The Balaban J connectivity index is 2.81. The van der Waals surface area contributed by atoms with Gasteiger partial charge >= 0.3 is 0 Å². The fourth-order valence-corrected chi connectivity index (χ4v) is 1.91. The zero-order valence-electron chi connectivity index (χ0n) is 12.7. The Kier molecular flexibility index (Phi) is 5.67. The molecule has 0 heterocycles. The number of likely N-dealkylation sites (N-methyl/N-ethyl adjacent to an activating group) is 1. The molecule has 2 nitrogen and oxygen atoms in total. The Bertz CT molecular complexity index is 371. The molecule has 0 fully saturated rings. The van der Waals surface area contributed by atoms with Gasteiger partial charge in [-0.15, -0.1) is 0 Å². The van der Waals surface area contributed by atoms with E-state index in [2.05, 4.69) is 57.8 Å². The van der Waals surface area contributed by atoms with Crippen molar-refractivity contribution in [1.29, 1.82) is 0 Å². The minimum absolute atomic E-state index is 0.567. The van der Waals surface area contributed by atoms with Gasteiger partial charge in [-0.2, -0.15) is 0 Å². The molecular weight excluding hydrogens is 222 g/mol. The van der Waals surface area contributed by atoms with Crippen LogP contribution in [0, 0.1) is 0 Å². The van der Waals surface area contributed by atoms with E-state index in [1.165, 1.54) is 11.1 Å². The Morgan fingerprint density at radius 1 is 1.17 bits per heavy atom. The van der Waals surface area contributed by atoms with E-state index < -0.39 is 0 Å². The quantitative estimate of drug-likeness (QED) is 0.762. The molecule has 18 heavy (non-hydrogen) atoms. The SMILES string of the molecule is COc1ccc(C(C)C)cc1CCN(C)C(C)C. The van der Waals surface area contributed by atoms with E-state index in [0.717, 1.165) is 18.7 Å². The summed E-state index contributed by atoms with van der Waals surface area (Å²) in [4.78, 5) is 2.36. The van der Waals surface area contributed by atoms with Crippen LogP contribution in [0.5, 0.6) is 5.75 Å². The molecule has 1 aromatic rings. The zero-order chi connectivity index (χ0) is 13.7. The van der Waals surface area contributed by atoms with Crippen molar-refractivity contribution in [3.8, 4) is 5.75 Å². The monoisotopic (exact) mass is 249 g/mol.